The summed E-state index contributed by atoms with van der Waals surface area (Å²) in [5, 5.41) is 7.03. The first-order valence-corrected chi connectivity index (χ1v) is 12.8. The van der Waals surface area contributed by atoms with Gasteiger partial charge in [0.2, 0.25) is 0 Å². The van der Waals surface area contributed by atoms with Gasteiger partial charge in [-0.15, -0.1) is 11.3 Å². The molecule has 0 saturated carbocycles. The van der Waals surface area contributed by atoms with Gasteiger partial charge in [-0.3, -0.25) is 4.79 Å². The number of nitrogens with zero attached hydrogens (tertiary/aromatic N) is 3. The summed E-state index contributed by atoms with van der Waals surface area (Å²) in [5.41, 5.74) is 8.14. The van der Waals surface area contributed by atoms with Gasteiger partial charge in [-0.1, -0.05) is 66.7 Å². The minimum absolute atomic E-state index is 0.265. The smallest absolute Gasteiger partial charge is 0.272 e. The van der Waals surface area contributed by atoms with Crippen molar-refractivity contribution in [3.63, 3.8) is 0 Å². The summed E-state index contributed by atoms with van der Waals surface area (Å²) >= 11 is 1.60. The number of hydrogen-bond donors (Lipinski definition) is 1. The van der Waals surface area contributed by atoms with E-state index in [1.165, 1.54) is 5.56 Å². The Labute approximate surface area is 214 Å². The van der Waals surface area contributed by atoms with Crippen LogP contribution in [-0.2, 0) is 6.54 Å². The summed E-state index contributed by atoms with van der Waals surface area (Å²) in [6.07, 6.45) is 1.67. The highest BCUT2D eigenvalue weighted by atomic mass is 32.1. The fourth-order valence-electron chi connectivity index (χ4n) is 4.10. The first-order chi connectivity index (χ1) is 17.7. The molecule has 1 N–H and O–H groups in total. The normalized spacial score (nSPS) is 11.1. The number of hydrogen-bond acceptors (Lipinski definition) is 5. The molecule has 0 aliphatic heterocycles. The topological polar surface area (TPSA) is 57.6 Å². The number of carbonyl (C=O) groups is 1. The Balaban J connectivity index is 1.30. The summed E-state index contributed by atoms with van der Waals surface area (Å²) in [5.74, 6) is -0.265. The minimum Gasteiger partial charge on any atom is -0.367 e. The third kappa shape index (κ3) is 5.34. The van der Waals surface area contributed by atoms with E-state index in [1.807, 2.05) is 66.0 Å². The molecule has 6 heteroatoms. The molecule has 1 amide bonds. The number of para-hydroxylation sites is 1. The second-order valence-corrected chi connectivity index (χ2v) is 9.29. The molecule has 5 aromatic rings. The van der Waals surface area contributed by atoms with Gasteiger partial charge in [0.15, 0.2) is 0 Å². The summed E-state index contributed by atoms with van der Waals surface area (Å²) < 4.78 is 0. The predicted molar refractivity (Wildman–Crippen MR) is 150 cm³/mol. The number of anilines is 1. The van der Waals surface area contributed by atoms with Crippen molar-refractivity contribution >= 4 is 40.0 Å². The highest BCUT2D eigenvalue weighted by molar-refractivity contribution is 7.13. The highest BCUT2D eigenvalue weighted by Gasteiger charge is 2.14. The van der Waals surface area contributed by atoms with Gasteiger partial charge < -0.3 is 4.90 Å². The first-order valence-electron chi connectivity index (χ1n) is 11.9. The monoisotopic (exact) mass is 490 g/mol. The van der Waals surface area contributed by atoms with Crippen molar-refractivity contribution < 1.29 is 4.79 Å². The zero-order valence-corrected chi connectivity index (χ0v) is 20.8. The van der Waals surface area contributed by atoms with Crippen molar-refractivity contribution in [3.05, 3.63) is 119 Å². The van der Waals surface area contributed by atoms with Crippen LogP contribution in [0.4, 0.5) is 5.69 Å². The van der Waals surface area contributed by atoms with Crippen LogP contribution in [0.15, 0.2) is 108 Å². The van der Waals surface area contributed by atoms with Gasteiger partial charge in [0.1, 0.15) is 0 Å². The molecule has 2 aromatic heterocycles. The third-order valence-corrected chi connectivity index (χ3v) is 6.86. The SMILES string of the molecule is CCN(Cc1ccccc1)c1ccc(/C=N\NC(=O)c2cc(-c3cccs3)nc3ccccc23)cc1. The number of nitrogens with one attached hydrogen (secondary N) is 1. The van der Waals surface area contributed by atoms with Crippen molar-refractivity contribution in [2.75, 3.05) is 11.4 Å². The van der Waals surface area contributed by atoms with E-state index < -0.39 is 0 Å². The van der Waals surface area contributed by atoms with Crippen LogP contribution in [-0.4, -0.2) is 23.7 Å². The summed E-state index contributed by atoms with van der Waals surface area (Å²) in [4.78, 5) is 21.1. The quantitative estimate of drug-likeness (QED) is 0.193. The Morgan fingerprint density at radius 2 is 1.75 bits per heavy atom. The molecule has 0 radical (unpaired) electrons. The number of aromatic nitrogens is 1. The van der Waals surface area contributed by atoms with E-state index >= 15 is 0 Å². The third-order valence-electron chi connectivity index (χ3n) is 5.97. The molecule has 3 aromatic carbocycles. The Morgan fingerprint density at radius 3 is 2.50 bits per heavy atom. The Kier molecular flexibility index (Phi) is 7.15. The lowest BCUT2D eigenvalue weighted by Gasteiger charge is -2.23. The largest absolute Gasteiger partial charge is 0.367 e. The van der Waals surface area contributed by atoms with Gasteiger partial charge in [0, 0.05) is 24.2 Å². The molecule has 5 rings (SSSR count). The Morgan fingerprint density at radius 1 is 0.972 bits per heavy atom. The number of amides is 1. The molecule has 0 aliphatic carbocycles. The number of fused-ring (bicyclic) bond motifs is 1. The highest BCUT2D eigenvalue weighted by Crippen LogP contribution is 2.28. The van der Waals surface area contributed by atoms with Gasteiger partial charge in [-0.05, 0) is 53.8 Å². The zero-order chi connectivity index (χ0) is 24.7. The van der Waals surface area contributed by atoms with Crippen LogP contribution < -0.4 is 10.3 Å². The number of thiophene rings is 1. The lowest BCUT2D eigenvalue weighted by Crippen LogP contribution is -2.21. The lowest BCUT2D eigenvalue weighted by molar-refractivity contribution is 0.0956. The fraction of sp³-hybridized carbons (Fsp3) is 0.100. The van der Waals surface area contributed by atoms with Crippen molar-refractivity contribution in [3.8, 4) is 10.6 Å². The average Bonchev–Trinajstić information content (AvgIpc) is 3.47. The average molecular weight is 491 g/mol. The molecule has 2 heterocycles. The van der Waals surface area contributed by atoms with Crippen molar-refractivity contribution in [1.82, 2.24) is 10.4 Å². The second-order valence-electron chi connectivity index (χ2n) is 8.34. The first kappa shape index (κ1) is 23.5. The van der Waals surface area contributed by atoms with Crippen molar-refractivity contribution in [1.29, 1.82) is 0 Å². The zero-order valence-electron chi connectivity index (χ0n) is 20.0. The summed E-state index contributed by atoms with van der Waals surface area (Å²) in [6.45, 7) is 3.92. The molecule has 0 saturated heterocycles. The maximum Gasteiger partial charge on any atom is 0.272 e. The van der Waals surface area contributed by atoms with Crippen LogP contribution in [0.5, 0.6) is 0 Å². The van der Waals surface area contributed by atoms with Crippen LogP contribution in [0.2, 0.25) is 0 Å². The molecule has 0 unspecified atom stereocenters. The standard InChI is InChI=1S/C30H26N4OS/c1-2-34(21-23-9-4-3-5-10-23)24-16-14-22(15-17-24)20-31-33-30(35)26-19-28(29-13-8-18-36-29)32-27-12-7-6-11-25(26)27/h3-20H,2,21H2,1H3,(H,33,35)/b31-20-. The molecule has 178 valence electrons. The summed E-state index contributed by atoms with van der Waals surface area (Å²) in [7, 11) is 0. The molecular weight excluding hydrogens is 464 g/mol. The molecule has 0 bridgehead atoms. The number of rotatable bonds is 8. The number of hydrazone groups is 1. The molecule has 0 aliphatic rings. The van der Waals surface area contributed by atoms with Crippen LogP contribution in [0.1, 0.15) is 28.4 Å². The predicted octanol–water partition coefficient (Wildman–Crippen LogP) is 6.75. The van der Waals surface area contributed by atoms with E-state index in [1.54, 1.807) is 17.6 Å². The fourth-order valence-corrected chi connectivity index (χ4v) is 4.79. The number of benzene rings is 3. The van der Waals surface area contributed by atoms with Gasteiger partial charge in [-0.25, -0.2) is 10.4 Å². The molecule has 0 spiro atoms. The molecule has 5 nitrogen and oxygen atoms in total. The maximum absolute atomic E-state index is 13.1. The van der Waals surface area contributed by atoms with E-state index in [2.05, 4.69) is 58.7 Å². The van der Waals surface area contributed by atoms with Crippen LogP contribution in [0, 0.1) is 0 Å². The molecule has 36 heavy (non-hydrogen) atoms. The second kappa shape index (κ2) is 11.0. The van der Waals surface area contributed by atoms with E-state index in [-0.39, 0.29) is 5.91 Å². The van der Waals surface area contributed by atoms with Gasteiger partial charge in [0.25, 0.3) is 5.91 Å². The van der Waals surface area contributed by atoms with Crippen LogP contribution in [0.25, 0.3) is 21.5 Å². The minimum atomic E-state index is -0.265. The van der Waals surface area contributed by atoms with Crippen molar-refractivity contribution in [2.24, 2.45) is 5.10 Å². The van der Waals surface area contributed by atoms with E-state index in [9.17, 15) is 4.79 Å². The molecule has 0 fully saturated rings. The lowest BCUT2D eigenvalue weighted by atomic mass is 10.1. The van der Waals surface area contributed by atoms with E-state index in [4.69, 9.17) is 4.98 Å². The van der Waals surface area contributed by atoms with E-state index in [0.717, 1.165) is 45.8 Å². The summed E-state index contributed by atoms with van der Waals surface area (Å²) in [6, 6.07) is 32.1. The van der Waals surface area contributed by atoms with E-state index in [0.29, 0.717) is 5.56 Å². The maximum atomic E-state index is 13.1. The van der Waals surface area contributed by atoms with Crippen LogP contribution >= 0.6 is 11.3 Å². The Bertz CT molecular complexity index is 1480. The Hall–Kier alpha value is -4.29. The van der Waals surface area contributed by atoms with Gasteiger partial charge >= 0.3 is 0 Å². The van der Waals surface area contributed by atoms with Crippen molar-refractivity contribution in [2.45, 2.75) is 13.5 Å². The number of pyridine rings is 1. The van der Waals surface area contributed by atoms with Crippen LogP contribution in [0.3, 0.4) is 0 Å². The molecule has 0 atom stereocenters. The number of carbonyl (C=O) groups excluding carboxylic acids is 1. The van der Waals surface area contributed by atoms with Gasteiger partial charge in [0.05, 0.1) is 27.9 Å². The van der Waals surface area contributed by atoms with Gasteiger partial charge in [-0.2, -0.15) is 5.10 Å². The molecular formula is C30H26N4OS.